The normalized spacial score (nSPS) is 13.2. The van der Waals surface area contributed by atoms with Crippen molar-refractivity contribution in [3.63, 3.8) is 0 Å². The number of hydrogen-bond donors (Lipinski definition) is 2. The Bertz CT molecular complexity index is 739. The number of alkyl halides is 1. The molecule has 0 radical (unpaired) electrons. The minimum absolute atomic E-state index is 0.0108. The van der Waals surface area contributed by atoms with E-state index in [0.29, 0.717) is 5.56 Å². The minimum atomic E-state index is -0.992. The predicted octanol–water partition coefficient (Wildman–Crippen LogP) is 4.79. The molecule has 0 saturated carbocycles. The van der Waals surface area contributed by atoms with E-state index in [1.165, 1.54) is 0 Å². The summed E-state index contributed by atoms with van der Waals surface area (Å²) < 4.78 is 0. The molecule has 0 aliphatic heterocycles. The van der Waals surface area contributed by atoms with Gasteiger partial charge in [-0.05, 0) is 42.0 Å². The van der Waals surface area contributed by atoms with E-state index in [1.54, 1.807) is 0 Å². The Morgan fingerprint density at radius 3 is 1.56 bits per heavy atom. The number of hydrogen-bond acceptors (Lipinski definition) is 3. The number of para-hydroxylation sites is 2. The van der Waals surface area contributed by atoms with Crippen LogP contribution in [0.5, 0.6) is 0 Å². The first-order chi connectivity index (χ1) is 12.2. The van der Waals surface area contributed by atoms with Crippen LogP contribution in [-0.4, -0.2) is 22.2 Å². The average Bonchev–Trinajstić information content (AvgIpc) is 2.69. The second-order valence-electron chi connectivity index (χ2n) is 5.76. The van der Waals surface area contributed by atoms with E-state index in [1.807, 2.05) is 84.9 Å². The number of halogens is 1. The summed E-state index contributed by atoms with van der Waals surface area (Å²) in [6.07, 6.45) is -1.97. The van der Waals surface area contributed by atoms with Crippen molar-refractivity contribution in [1.29, 1.82) is 0 Å². The molecule has 0 bridgehead atoms. The van der Waals surface area contributed by atoms with Crippen LogP contribution in [-0.2, 0) is 0 Å². The van der Waals surface area contributed by atoms with Crippen LogP contribution >= 0.6 is 11.6 Å². The molecule has 0 aromatic heterocycles. The van der Waals surface area contributed by atoms with Crippen molar-refractivity contribution < 1.29 is 10.2 Å². The highest BCUT2D eigenvalue weighted by Crippen LogP contribution is 2.34. The molecule has 3 nitrogen and oxygen atoms in total. The van der Waals surface area contributed by atoms with Crippen molar-refractivity contribution in [2.24, 2.45) is 0 Å². The van der Waals surface area contributed by atoms with E-state index in [4.69, 9.17) is 11.6 Å². The van der Waals surface area contributed by atoms with Crippen LogP contribution in [0.4, 0.5) is 17.1 Å². The summed E-state index contributed by atoms with van der Waals surface area (Å²) in [5, 5.41) is 19.8. The summed E-state index contributed by atoms with van der Waals surface area (Å²) in [6, 6.07) is 27.7. The van der Waals surface area contributed by atoms with Gasteiger partial charge in [0, 0.05) is 17.1 Å². The second-order valence-corrected chi connectivity index (χ2v) is 6.07. The summed E-state index contributed by atoms with van der Waals surface area (Å²) >= 11 is 5.62. The van der Waals surface area contributed by atoms with E-state index in [2.05, 4.69) is 4.90 Å². The van der Waals surface area contributed by atoms with Crippen LogP contribution in [0, 0.1) is 0 Å². The van der Waals surface area contributed by atoms with Crippen LogP contribution in [0.15, 0.2) is 84.9 Å². The monoisotopic (exact) mass is 353 g/mol. The quantitative estimate of drug-likeness (QED) is 0.626. The predicted molar refractivity (Wildman–Crippen MR) is 103 cm³/mol. The van der Waals surface area contributed by atoms with Crippen molar-refractivity contribution in [2.45, 2.75) is 12.2 Å². The van der Waals surface area contributed by atoms with Crippen molar-refractivity contribution in [2.75, 3.05) is 10.8 Å². The fourth-order valence-corrected chi connectivity index (χ4v) is 2.90. The number of benzene rings is 3. The van der Waals surface area contributed by atoms with E-state index in [-0.39, 0.29) is 5.88 Å². The average molecular weight is 354 g/mol. The molecule has 25 heavy (non-hydrogen) atoms. The Morgan fingerprint density at radius 1 is 0.680 bits per heavy atom. The zero-order valence-electron chi connectivity index (χ0n) is 13.7. The summed E-state index contributed by atoms with van der Waals surface area (Å²) in [6.45, 7) is 0. The highest BCUT2D eigenvalue weighted by atomic mass is 35.5. The molecule has 0 spiro atoms. The first kappa shape index (κ1) is 17.5. The Labute approximate surface area is 152 Å². The fraction of sp³-hybridized carbons (Fsp3) is 0.143. The SMILES string of the molecule is OC(CCl)C(O)c1ccc(N(c2ccccc2)c2ccccc2)cc1. The van der Waals surface area contributed by atoms with Gasteiger partial charge in [0.25, 0.3) is 0 Å². The summed E-state index contributed by atoms with van der Waals surface area (Å²) in [5.74, 6) is -0.0108. The van der Waals surface area contributed by atoms with E-state index in [0.717, 1.165) is 17.1 Å². The van der Waals surface area contributed by atoms with Crippen LogP contribution in [0.2, 0.25) is 0 Å². The number of rotatable bonds is 6. The third-order valence-electron chi connectivity index (χ3n) is 4.04. The number of aliphatic hydroxyl groups excluding tert-OH is 2. The second kappa shape index (κ2) is 8.17. The third-order valence-corrected chi connectivity index (χ3v) is 4.36. The number of aliphatic hydroxyl groups is 2. The topological polar surface area (TPSA) is 43.7 Å². The molecule has 0 heterocycles. The van der Waals surface area contributed by atoms with E-state index in [9.17, 15) is 10.2 Å². The summed E-state index contributed by atoms with van der Waals surface area (Å²) in [5.41, 5.74) is 3.69. The molecule has 0 amide bonds. The fourth-order valence-electron chi connectivity index (χ4n) is 2.73. The smallest absolute Gasteiger partial charge is 0.106 e. The molecular weight excluding hydrogens is 334 g/mol. The Balaban J connectivity index is 1.97. The van der Waals surface area contributed by atoms with Gasteiger partial charge in [-0.2, -0.15) is 0 Å². The van der Waals surface area contributed by atoms with Gasteiger partial charge in [-0.25, -0.2) is 0 Å². The Morgan fingerprint density at radius 2 is 1.12 bits per heavy atom. The molecule has 2 N–H and O–H groups in total. The van der Waals surface area contributed by atoms with Gasteiger partial charge in [0.05, 0.1) is 12.0 Å². The molecule has 0 aliphatic carbocycles. The van der Waals surface area contributed by atoms with Crippen molar-refractivity contribution in [3.05, 3.63) is 90.5 Å². The standard InChI is InChI=1S/C21H20ClNO2/c22-15-20(24)21(25)16-11-13-19(14-12-16)23(17-7-3-1-4-8-17)18-9-5-2-6-10-18/h1-14,20-21,24-25H,15H2. The lowest BCUT2D eigenvalue weighted by Crippen LogP contribution is -2.19. The molecule has 0 aliphatic rings. The van der Waals surface area contributed by atoms with Crippen molar-refractivity contribution in [1.82, 2.24) is 0 Å². The van der Waals surface area contributed by atoms with Crippen LogP contribution in [0.1, 0.15) is 11.7 Å². The zero-order valence-corrected chi connectivity index (χ0v) is 14.4. The molecule has 0 fully saturated rings. The van der Waals surface area contributed by atoms with Gasteiger partial charge in [0.2, 0.25) is 0 Å². The largest absolute Gasteiger partial charge is 0.389 e. The maximum atomic E-state index is 10.1. The highest BCUT2D eigenvalue weighted by molar-refractivity contribution is 6.18. The van der Waals surface area contributed by atoms with Gasteiger partial charge in [-0.3, -0.25) is 0 Å². The minimum Gasteiger partial charge on any atom is -0.389 e. The van der Waals surface area contributed by atoms with Crippen molar-refractivity contribution >= 4 is 28.7 Å². The number of anilines is 3. The molecule has 2 unspecified atom stereocenters. The highest BCUT2D eigenvalue weighted by Gasteiger charge is 2.18. The molecule has 128 valence electrons. The van der Waals surface area contributed by atoms with Gasteiger partial charge in [-0.1, -0.05) is 48.5 Å². The van der Waals surface area contributed by atoms with Crippen LogP contribution < -0.4 is 4.90 Å². The summed E-state index contributed by atoms with van der Waals surface area (Å²) in [7, 11) is 0. The Kier molecular flexibility index (Phi) is 5.71. The first-order valence-corrected chi connectivity index (χ1v) is 8.66. The lowest BCUT2D eigenvalue weighted by molar-refractivity contribution is 0.0327. The zero-order chi connectivity index (χ0) is 17.6. The molecule has 3 aromatic rings. The maximum absolute atomic E-state index is 10.1. The van der Waals surface area contributed by atoms with Crippen LogP contribution in [0.3, 0.4) is 0 Å². The van der Waals surface area contributed by atoms with Gasteiger partial charge in [0.15, 0.2) is 0 Å². The van der Waals surface area contributed by atoms with E-state index >= 15 is 0 Å². The van der Waals surface area contributed by atoms with Gasteiger partial charge in [-0.15, -0.1) is 11.6 Å². The molecular formula is C21H20ClNO2. The molecule has 3 aromatic carbocycles. The molecule has 3 rings (SSSR count). The van der Waals surface area contributed by atoms with Crippen LogP contribution in [0.25, 0.3) is 0 Å². The first-order valence-electron chi connectivity index (χ1n) is 8.13. The van der Waals surface area contributed by atoms with Gasteiger partial charge >= 0.3 is 0 Å². The molecule has 0 saturated heterocycles. The van der Waals surface area contributed by atoms with Gasteiger partial charge in [0.1, 0.15) is 6.10 Å². The summed E-state index contributed by atoms with van der Waals surface area (Å²) in [4.78, 5) is 2.13. The lowest BCUT2D eigenvalue weighted by atomic mass is 10.0. The molecule has 4 heteroatoms. The Hall–Kier alpha value is -2.33. The van der Waals surface area contributed by atoms with Gasteiger partial charge < -0.3 is 15.1 Å². The maximum Gasteiger partial charge on any atom is 0.106 e. The lowest BCUT2D eigenvalue weighted by Gasteiger charge is -2.26. The van der Waals surface area contributed by atoms with E-state index < -0.39 is 12.2 Å². The van der Waals surface area contributed by atoms with Crippen molar-refractivity contribution in [3.8, 4) is 0 Å². The third kappa shape index (κ3) is 4.02. The number of nitrogens with zero attached hydrogens (tertiary/aromatic N) is 1. The molecule has 2 atom stereocenters.